The van der Waals surface area contributed by atoms with Gasteiger partial charge in [0.2, 0.25) is 0 Å². The Kier molecular flexibility index (Phi) is 6.50. The third kappa shape index (κ3) is 5.47. The first kappa shape index (κ1) is 19.7. The quantitative estimate of drug-likeness (QED) is 0.577. The molecule has 1 aromatic heterocycles. The van der Waals surface area contributed by atoms with E-state index in [9.17, 15) is 4.79 Å². The molecule has 1 amide bonds. The molecular weight excluding hydrogens is 374 g/mol. The van der Waals surface area contributed by atoms with Crippen LogP contribution in [0.3, 0.4) is 0 Å². The number of hydrogen-bond donors (Lipinski definition) is 2. The second kappa shape index (κ2) is 9.24. The van der Waals surface area contributed by atoms with Crippen LogP contribution in [0.15, 0.2) is 66.9 Å². The first-order valence-electron chi connectivity index (χ1n) is 9.02. The van der Waals surface area contributed by atoms with Crippen LogP contribution in [-0.4, -0.2) is 17.0 Å². The molecule has 0 saturated heterocycles. The second-order valence-corrected chi connectivity index (χ2v) is 6.93. The molecule has 144 valence electrons. The summed E-state index contributed by atoms with van der Waals surface area (Å²) in [5.41, 5.74) is 2.91. The summed E-state index contributed by atoms with van der Waals surface area (Å²) in [6.45, 7) is 4.33. The number of nitrogens with zero attached hydrogens (tertiary/aromatic N) is 1. The summed E-state index contributed by atoms with van der Waals surface area (Å²) in [5.74, 6) is 0.575. The molecule has 0 fully saturated rings. The summed E-state index contributed by atoms with van der Waals surface area (Å²) < 4.78 is 5.63. The molecule has 0 radical (unpaired) electrons. The number of pyridine rings is 1. The van der Waals surface area contributed by atoms with Gasteiger partial charge in [-0.2, -0.15) is 0 Å². The number of aromatic nitrogens is 1. The number of rotatable bonds is 7. The minimum Gasteiger partial charge on any atom is -0.491 e. The third-order valence-corrected chi connectivity index (χ3v) is 4.28. The van der Waals surface area contributed by atoms with Crippen molar-refractivity contribution >= 4 is 28.9 Å². The lowest BCUT2D eigenvalue weighted by Crippen LogP contribution is -2.23. The fourth-order valence-corrected chi connectivity index (χ4v) is 2.77. The van der Waals surface area contributed by atoms with Gasteiger partial charge in [0.15, 0.2) is 0 Å². The number of carbonyl (C=O) groups is 1. The van der Waals surface area contributed by atoms with Crippen molar-refractivity contribution in [3.8, 4) is 5.75 Å². The Bertz CT molecular complexity index is 925. The van der Waals surface area contributed by atoms with Crippen LogP contribution in [0.25, 0.3) is 0 Å². The van der Waals surface area contributed by atoms with Gasteiger partial charge in [-0.15, -0.1) is 0 Å². The Morgan fingerprint density at radius 2 is 1.75 bits per heavy atom. The lowest BCUT2D eigenvalue weighted by atomic mass is 10.2. The second-order valence-electron chi connectivity index (χ2n) is 6.52. The Balaban J connectivity index is 1.57. The zero-order chi connectivity index (χ0) is 19.9. The summed E-state index contributed by atoms with van der Waals surface area (Å²) in [7, 11) is 0. The highest BCUT2D eigenvalue weighted by atomic mass is 35.5. The largest absolute Gasteiger partial charge is 0.491 e. The molecule has 2 aromatic carbocycles. The summed E-state index contributed by atoms with van der Waals surface area (Å²) in [5, 5.41) is 6.70. The molecule has 0 spiro atoms. The number of halogens is 1. The molecular formula is C22H22ClN3O2. The topological polar surface area (TPSA) is 63.2 Å². The highest BCUT2D eigenvalue weighted by Crippen LogP contribution is 2.20. The van der Waals surface area contributed by atoms with E-state index in [1.54, 1.807) is 18.3 Å². The minimum atomic E-state index is -0.248. The first-order chi connectivity index (χ1) is 13.5. The molecule has 28 heavy (non-hydrogen) atoms. The fourth-order valence-electron chi connectivity index (χ4n) is 2.57. The van der Waals surface area contributed by atoms with Gasteiger partial charge < -0.3 is 15.4 Å². The smallest absolute Gasteiger partial charge is 0.270 e. The van der Waals surface area contributed by atoms with Crippen molar-refractivity contribution in [1.29, 1.82) is 0 Å². The first-order valence-corrected chi connectivity index (χ1v) is 9.40. The van der Waals surface area contributed by atoms with Crippen molar-refractivity contribution in [2.24, 2.45) is 0 Å². The standard InChI is InChI=1S/C22H22ClN3O2/c1-15(2)28-19-10-7-17(8-11-19)26-18-9-12-21(24-14-18)22(27)25-13-16-5-3-4-6-20(16)23/h3-12,14-15,26H,13H2,1-2H3,(H,25,27). The SMILES string of the molecule is CC(C)Oc1ccc(Nc2ccc(C(=O)NCc3ccccc3Cl)nc2)cc1. The average Bonchev–Trinajstić information content (AvgIpc) is 2.69. The summed E-state index contributed by atoms with van der Waals surface area (Å²) in [6.07, 6.45) is 1.77. The maximum Gasteiger partial charge on any atom is 0.270 e. The zero-order valence-electron chi connectivity index (χ0n) is 15.8. The van der Waals surface area contributed by atoms with Gasteiger partial charge in [0.05, 0.1) is 18.0 Å². The Labute approximate surface area is 169 Å². The fraction of sp³-hybridized carbons (Fsp3) is 0.182. The molecule has 2 N–H and O–H groups in total. The molecule has 5 nitrogen and oxygen atoms in total. The predicted molar refractivity (Wildman–Crippen MR) is 112 cm³/mol. The molecule has 1 heterocycles. The van der Waals surface area contributed by atoms with Crippen LogP contribution < -0.4 is 15.4 Å². The van der Waals surface area contributed by atoms with Gasteiger partial charge in [0, 0.05) is 17.3 Å². The number of amides is 1. The Morgan fingerprint density at radius 3 is 2.39 bits per heavy atom. The number of benzene rings is 2. The van der Waals surface area contributed by atoms with E-state index in [0.29, 0.717) is 17.3 Å². The molecule has 3 aromatic rings. The third-order valence-electron chi connectivity index (χ3n) is 3.91. The molecule has 0 unspecified atom stereocenters. The Hall–Kier alpha value is -3.05. The number of nitrogens with one attached hydrogen (secondary N) is 2. The molecule has 0 aliphatic carbocycles. The Morgan fingerprint density at radius 1 is 1.04 bits per heavy atom. The molecule has 0 atom stereocenters. The molecule has 6 heteroatoms. The van der Waals surface area contributed by atoms with Crippen molar-refractivity contribution < 1.29 is 9.53 Å². The van der Waals surface area contributed by atoms with Crippen LogP contribution in [0.5, 0.6) is 5.75 Å². The van der Waals surface area contributed by atoms with Crippen LogP contribution in [0.4, 0.5) is 11.4 Å². The monoisotopic (exact) mass is 395 g/mol. The van der Waals surface area contributed by atoms with Gasteiger partial charge >= 0.3 is 0 Å². The van der Waals surface area contributed by atoms with Crippen molar-refractivity contribution in [3.05, 3.63) is 83.1 Å². The number of hydrogen-bond acceptors (Lipinski definition) is 4. The van der Waals surface area contributed by atoms with E-state index in [-0.39, 0.29) is 12.0 Å². The molecule has 0 bridgehead atoms. The molecule has 0 aliphatic heterocycles. The normalized spacial score (nSPS) is 10.6. The van der Waals surface area contributed by atoms with Crippen molar-refractivity contribution in [3.63, 3.8) is 0 Å². The van der Waals surface area contributed by atoms with Gasteiger partial charge in [0.25, 0.3) is 5.91 Å². The van der Waals surface area contributed by atoms with Gasteiger partial charge in [0.1, 0.15) is 11.4 Å². The summed E-state index contributed by atoms with van der Waals surface area (Å²) >= 11 is 6.10. The van der Waals surface area contributed by atoms with Gasteiger partial charge in [-0.25, -0.2) is 4.98 Å². The van der Waals surface area contributed by atoms with Crippen LogP contribution in [0.1, 0.15) is 29.9 Å². The van der Waals surface area contributed by atoms with Crippen LogP contribution >= 0.6 is 11.6 Å². The zero-order valence-corrected chi connectivity index (χ0v) is 16.5. The average molecular weight is 396 g/mol. The van der Waals surface area contributed by atoms with Crippen LogP contribution in [0, 0.1) is 0 Å². The highest BCUT2D eigenvalue weighted by Gasteiger charge is 2.08. The van der Waals surface area contributed by atoms with Crippen molar-refractivity contribution in [2.75, 3.05) is 5.32 Å². The van der Waals surface area contributed by atoms with E-state index >= 15 is 0 Å². The maximum absolute atomic E-state index is 12.3. The van der Waals surface area contributed by atoms with Gasteiger partial charge in [-0.3, -0.25) is 4.79 Å². The minimum absolute atomic E-state index is 0.139. The van der Waals surface area contributed by atoms with E-state index in [2.05, 4.69) is 15.6 Å². The van der Waals surface area contributed by atoms with Gasteiger partial charge in [-0.1, -0.05) is 29.8 Å². The number of carbonyl (C=O) groups excluding carboxylic acids is 1. The number of anilines is 2. The van der Waals surface area contributed by atoms with E-state index in [1.807, 2.05) is 62.4 Å². The van der Waals surface area contributed by atoms with E-state index < -0.39 is 0 Å². The van der Waals surface area contributed by atoms with Crippen LogP contribution in [0.2, 0.25) is 5.02 Å². The lowest BCUT2D eigenvalue weighted by Gasteiger charge is -2.11. The van der Waals surface area contributed by atoms with Crippen LogP contribution in [-0.2, 0) is 6.54 Å². The molecule has 3 rings (SSSR count). The highest BCUT2D eigenvalue weighted by molar-refractivity contribution is 6.31. The molecule has 0 aliphatic rings. The summed E-state index contributed by atoms with van der Waals surface area (Å²) in [6, 6.07) is 18.6. The van der Waals surface area contributed by atoms with Crippen molar-refractivity contribution in [1.82, 2.24) is 10.3 Å². The summed E-state index contributed by atoms with van der Waals surface area (Å²) in [4.78, 5) is 16.5. The maximum atomic E-state index is 12.3. The van der Waals surface area contributed by atoms with Crippen molar-refractivity contribution in [2.45, 2.75) is 26.5 Å². The van der Waals surface area contributed by atoms with E-state index in [1.165, 1.54) is 0 Å². The lowest BCUT2D eigenvalue weighted by molar-refractivity contribution is 0.0946. The molecule has 0 saturated carbocycles. The predicted octanol–water partition coefficient (Wildman–Crippen LogP) is 5.20. The number of ether oxygens (including phenoxy) is 1. The van der Waals surface area contributed by atoms with E-state index in [4.69, 9.17) is 16.3 Å². The van der Waals surface area contributed by atoms with Gasteiger partial charge in [-0.05, 0) is 61.9 Å². The van der Waals surface area contributed by atoms with E-state index in [0.717, 1.165) is 22.7 Å².